The standard InChI is InChI=1S/C16H29ClO3/c1-4-5-6-7-8-9-10-11-12-13-14(18)20-16(2,3)15(17)19/h4-13H2,1-3H3. The van der Waals surface area contributed by atoms with Crippen LogP contribution in [0.5, 0.6) is 0 Å². The van der Waals surface area contributed by atoms with E-state index in [1.54, 1.807) is 0 Å². The number of halogens is 1. The van der Waals surface area contributed by atoms with Crippen molar-refractivity contribution in [3.8, 4) is 0 Å². The molecule has 0 aromatic carbocycles. The SMILES string of the molecule is CCCCCCCCCCCC(=O)OC(C)(C)C(=O)Cl. The lowest BCUT2D eigenvalue weighted by molar-refractivity contribution is -0.161. The van der Waals surface area contributed by atoms with Crippen molar-refractivity contribution in [2.75, 3.05) is 0 Å². The lowest BCUT2D eigenvalue weighted by atomic mass is 10.1. The van der Waals surface area contributed by atoms with Gasteiger partial charge in [0.15, 0.2) is 5.60 Å². The number of hydrogen-bond donors (Lipinski definition) is 0. The Morgan fingerprint density at radius 2 is 1.35 bits per heavy atom. The molecule has 0 bridgehead atoms. The van der Waals surface area contributed by atoms with Gasteiger partial charge in [-0.3, -0.25) is 9.59 Å². The Morgan fingerprint density at radius 3 is 1.80 bits per heavy atom. The van der Waals surface area contributed by atoms with Gasteiger partial charge in [-0.15, -0.1) is 0 Å². The normalized spacial score (nSPS) is 11.4. The van der Waals surface area contributed by atoms with Crippen LogP contribution in [0.2, 0.25) is 0 Å². The van der Waals surface area contributed by atoms with Crippen molar-refractivity contribution in [1.29, 1.82) is 0 Å². The van der Waals surface area contributed by atoms with Gasteiger partial charge in [-0.2, -0.15) is 0 Å². The van der Waals surface area contributed by atoms with Gasteiger partial charge in [0, 0.05) is 6.42 Å². The van der Waals surface area contributed by atoms with E-state index in [4.69, 9.17) is 16.3 Å². The first-order chi connectivity index (χ1) is 9.40. The molecule has 4 heteroatoms. The van der Waals surface area contributed by atoms with E-state index < -0.39 is 10.8 Å². The molecule has 3 nitrogen and oxygen atoms in total. The summed E-state index contributed by atoms with van der Waals surface area (Å²) in [5.41, 5.74) is -1.21. The first-order valence-electron chi connectivity index (χ1n) is 7.82. The predicted octanol–water partition coefficient (Wildman–Crippen LogP) is 4.99. The molecule has 0 amide bonds. The van der Waals surface area contributed by atoms with E-state index in [0.29, 0.717) is 6.42 Å². The molecule has 0 atom stereocenters. The van der Waals surface area contributed by atoms with Gasteiger partial charge < -0.3 is 4.74 Å². The van der Waals surface area contributed by atoms with E-state index in [1.807, 2.05) is 0 Å². The molecule has 0 aliphatic rings. The topological polar surface area (TPSA) is 43.4 Å². The molecule has 0 radical (unpaired) electrons. The maximum Gasteiger partial charge on any atom is 0.306 e. The summed E-state index contributed by atoms with van der Waals surface area (Å²) in [6.07, 6.45) is 11.2. The zero-order valence-electron chi connectivity index (χ0n) is 13.2. The smallest absolute Gasteiger partial charge is 0.306 e. The van der Waals surface area contributed by atoms with Crippen molar-refractivity contribution < 1.29 is 14.3 Å². The van der Waals surface area contributed by atoms with Gasteiger partial charge in [-0.1, -0.05) is 58.3 Å². The monoisotopic (exact) mass is 304 g/mol. The molecule has 0 aliphatic heterocycles. The van der Waals surface area contributed by atoms with Gasteiger partial charge in [0.2, 0.25) is 0 Å². The maximum absolute atomic E-state index is 11.5. The minimum atomic E-state index is -1.21. The van der Waals surface area contributed by atoms with Crippen molar-refractivity contribution in [1.82, 2.24) is 0 Å². The van der Waals surface area contributed by atoms with Gasteiger partial charge in [-0.25, -0.2) is 0 Å². The Bertz CT molecular complexity index is 287. The summed E-state index contributed by atoms with van der Waals surface area (Å²) in [6, 6.07) is 0. The van der Waals surface area contributed by atoms with E-state index in [0.717, 1.165) is 19.3 Å². The average molecular weight is 305 g/mol. The molecule has 118 valence electrons. The van der Waals surface area contributed by atoms with Crippen LogP contribution in [-0.2, 0) is 14.3 Å². The number of hydrogen-bond acceptors (Lipinski definition) is 3. The molecular weight excluding hydrogens is 276 g/mol. The summed E-state index contributed by atoms with van der Waals surface area (Å²) >= 11 is 5.35. The second-order valence-corrected chi connectivity index (χ2v) is 6.18. The molecular formula is C16H29ClO3. The van der Waals surface area contributed by atoms with Crippen LogP contribution in [0.4, 0.5) is 0 Å². The van der Waals surface area contributed by atoms with Crippen LogP contribution in [-0.4, -0.2) is 16.8 Å². The molecule has 0 saturated heterocycles. The second kappa shape index (κ2) is 11.1. The average Bonchev–Trinajstić information content (AvgIpc) is 2.36. The molecule has 0 rings (SSSR count). The van der Waals surface area contributed by atoms with Gasteiger partial charge >= 0.3 is 5.97 Å². The first-order valence-corrected chi connectivity index (χ1v) is 8.19. The Labute approximate surface area is 128 Å². The zero-order valence-corrected chi connectivity index (χ0v) is 13.9. The molecule has 0 saturated carbocycles. The van der Waals surface area contributed by atoms with Crippen LogP contribution in [0, 0.1) is 0 Å². The number of unbranched alkanes of at least 4 members (excludes halogenated alkanes) is 8. The van der Waals surface area contributed by atoms with E-state index in [2.05, 4.69) is 6.92 Å². The van der Waals surface area contributed by atoms with Crippen LogP contribution in [0.3, 0.4) is 0 Å². The molecule has 20 heavy (non-hydrogen) atoms. The van der Waals surface area contributed by atoms with Gasteiger partial charge in [0.05, 0.1) is 0 Å². The Kier molecular flexibility index (Phi) is 10.8. The van der Waals surface area contributed by atoms with Gasteiger partial charge in [-0.05, 0) is 31.9 Å². The van der Waals surface area contributed by atoms with Crippen LogP contribution in [0.1, 0.15) is 85.0 Å². The Hall–Kier alpha value is -0.570. The maximum atomic E-state index is 11.5. The minimum absolute atomic E-state index is 0.341. The summed E-state index contributed by atoms with van der Waals surface area (Å²) < 4.78 is 5.05. The Morgan fingerprint density at radius 1 is 0.900 bits per heavy atom. The highest BCUT2D eigenvalue weighted by Gasteiger charge is 2.29. The minimum Gasteiger partial charge on any atom is -0.450 e. The predicted molar refractivity (Wildman–Crippen MR) is 82.9 cm³/mol. The summed E-state index contributed by atoms with van der Waals surface area (Å²) in [7, 11) is 0. The number of esters is 1. The third-order valence-electron chi connectivity index (χ3n) is 3.33. The molecule has 0 N–H and O–H groups in total. The molecule has 0 unspecified atom stereocenters. The van der Waals surface area contributed by atoms with Crippen molar-refractivity contribution in [2.45, 2.75) is 90.6 Å². The number of rotatable bonds is 12. The van der Waals surface area contributed by atoms with Crippen LogP contribution < -0.4 is 0 Å². The fourth-order valence-electron chi connectivity index (χ4n) is 1.96. The zero-order chi connectivity index (χ0) is 15.4. The molecule has 0 spiro atoms. The quantitative estimate of drug-likeness (QED) is 0.290. The summed E-state index contributed by atoms with van der Waals surface area (Å²) in [5, 5.41) is -0.641. The van der Waals surface area contributed by atoms with Gasteiger partial charge in [0.25, 0.3) is 5.24 Å². The first kappa shape index (κ1) is 19.4. The summed E-state index contributed by atoms with van der Waals surface area (Å²) in [4.78, 5) is 22.5. The largest absolute Gasteiger partial charge is 0.450 e. The number of carbonyl (C=O) groups is 2. The van der Waals surface area contributed by atoms with Crippen molar-refractivity contribution in [3.05, 3.63) is 0 Å². The van der Waals surface area contributed by atoms with E-state index in [1.165, 1.54) is 52.4 Å². The highest BCUT2D eigenvalue weighted by molar-refractivity contribution is 6.65. The van der Waals surface area contributed by atoms with Crippen LogP contribution >= 0.6 is 11.6 Å². The summed E-state index contributed by atoms with van der Waals surface area (Å²) in [5.74, 6) is -0.341. The fraction of sp³-hybridized carbons (Fsp3) is 0.875. The second-order valence-electron chi connectivity index (χ2n) is 5.84. The number of ether oxygens (including phenoxy) is 1. The summed E-state index contributed by atoms with van der Waals surface area (Å²) in [6.45, 7) is 5.24. The third-order valence-corrected chi connectivity index (χ3v) is 3.78. The Balaban J connectivity index is 3.47. The van der Waals surface area contributed by atoms with Gasteiger partial charge in [0.1, 0.15) is 0 Å². The van der Waals surface area contributed by atoms with Crippen molar-refractivity contribution in [2.24, 2.45) is 0 Å². The molecule has 0 aromatic heterocycles. The van der Waals surface area contributed by atoms with E-state index in [9.17, 15) is 9.59 Å². The van der Waals surface area contributed by atoms with Crippen LogP contribution in [0.15, 0.2) is 0 Å². The highest BCUT2D eigenvalue weighted by atomic mass is 35.5. The molecule has 0 fully saturated rings. The fourth-order valence-corrected chi connectivity index (χ4v) is 1.99. The van der Waals surface area contributed by atoms with E-state index >= 15 is 0 Å². The molecule has 0 heterocycles. The highest BCUT2D eigenvalue weighted by Crippen LogP contribution is 2.16. The lowest BCUT2D eigenvalue weighted by Gasteiger charge is -2.20. The molecule has 0 aromatic rings. The molecule has 0 aliphatic carbocycles. The van der Waals surface area contributed by atoms with Crippen molar-refractivity contribution >= 4 is 22.8 Å². The third kappa shape index (κ3) is 10.2. The van der Waals surface area contributed by atoms with E-state index in [-0.39, 0.29) is 5.97 Å². The number of carbonyl (C=O) groups excluding carboxylic acids is 2. The van der Waals surface area contributed by atoms with Crippen molar-refractivity contribution in [3.63, 3.8) is 0 Å². The van der Waals surface area contributed by atoms with Crippen LogP contribution in [0.25, 0.3) is 0 Å². The lowest BCUT2D eigenvalue weighted by Crippen LogP contribution is -2.34.